The average Bonchev–Trinajstić information content (AvgIpc) is 2.45. The quantitative estimate of drug-likeness (QED) is 0.328. The van der Waals surface area contributed by atoms with E-state index in [9.17, 15) is 0 Å². The summed E-state index contributed by atoms with van der Waals surface area (Å²) in [5.41, 5.74) is 0. The highest BCUT2D eigenvalue weighted by Gasteiger charge is 2.20. The Morgan fingerprint density at radius 3 is 2.62 bits per heavy atom. The molecule has 0 radical (unpaired) electrons. The topological polar surface area (TPSA) is 39.7 Å². The lowest BCUT2D eigenvalue weighted by Crippen LogP contribution is -2.49. The van der Waals surface area contributed by atoms with Crippen molar-refractivity contribution in [2.24, 2.45) is 10.9 Å². The molecule has 0 spiro atoms. The molecule has 0 aromatic heterocycles. The third kappa shape index (κ3) is 8.10. The van der Waals surface area contributed by atoms with Gasteiger partial charge in [-0.3, -0.25) is 4.99 Å². The summed E-state index contributed by atoms with van der Waals surface area (Å²) in [5.74, 6) is 1.74. The summed E-state index contributed by atoms with van der Waals surface area (Å²) in [4.78, 5) is 7.22. The van der Waals surface area contributed by atoms with Gasteiger partial charge in [-0.15, -0.1) is 0 Å². The number of allylic oxidation sites excluding steroid dienone is 1. The third-order valence-corrected chi connectivity index (χ3v) is 3.70. The van der Waals surface area contributed by atoms with Crippen LogP contribution in [0.3, 0.4) is 0 Å². The van der Waals surface area contributed by atoms with Crippen LogP contribution >= 0.6 is 0 Å². The van der Waals surface area contributed by atoms with E-state index in [1.54, 1.807) is 0 Å². The monoisotopic (exact) mass is 294 g/mol. The van der Waals surface area contributed by atoms with E-state index in [4.69, 9.17) is 0 Å². The lowest BCUT2D eigenvalue weighted by Gasteiger charge is -2.34. The SMILES string of the molecule is CC=CCCN=C(NCC)NC1CCN(CC(C)C)CC1. The number of nitrogens with one attached hydrogen (secondary N) is 2. The summed E-state index contributed by atoms with van der Waals surface area (Å²) < 4.78 is 0. The first-order chi connectivity index (χ1) is 10.2. The van der Waals surface area contributed by atoms with Crippen molar-refractivity contribution >= 4 is 5.96 Å². The van der Waals surface area contributed by atoms with Gasteiger partial charge >= 0.3 is 0 Å². The zero-order valence-electron chi connectivity index (χ0n) is 14.4. The second kappa shape index (κ2) is 10.7. The van der Waals surface area contributed by atoms with E-state index in [2.05, 4.69) is 60.4 Å². The molecule has 0 aromatic carbocycles. The predicted molar refractivity (Wildman–Crippen MR) is 92.8 cm³/mol. The summed E-state index contributed by atoms with van der Waals surface area (Å²) >= 11 is 0. The first-order valence-electron chi connectivity index (χ1n) is 8.54. The Kier molecular flexibility index (Phi) is 9.15. The molecule has 21 heavy (non-hydrogen) atoms. The van der Waals surface area contributed by atoms with Crippen molar-refractivity contribution in [1.82, 2.24) is 15.5 Å². The largest absolute Gasteiger partial charge is 0.357 e. The molecule has 0 aliphatic carbocycles. The molecule has 0 atom stereocenters. The summed E-state index contributed by atoms with van der Waals surface area (Å²) in [6.45, 7) is 14.2. The van der Waals surface area contributed by atoms with Crippen LogP contribution in [0.2, 0.25) is 0 Å². The molecule has 4 heteroatoms. The summed E-state index contributed by atoms with van der Waals surface area (Å²) in [6.07, 6.45) is 7.69. The number of hydrogen-bond donors (Lipinski definition) is 2. The second-order valence-electron chi connectivity index (χ2n) is 6.23. The predicted octanol–water partition coefficient (Wildman–Crippen LogP) is 2.63. The molecular formula is C17H34N4. The molecule has 0 saturated carbocycles. The molecule has 0 amide bonds. The Hall–Kier alpha value is -1.03. The Morgan fingerprint density at radius 2 is 2.05 bits per heavy atom. The number of guanidine groups is 1. The molecule has 0 unspecified atom stereocenters. The highest BCUT2D eigenvalue weighted by molar-refractivity contribution is 5.80. The van der Waals surface area contributed by atoms with Crippen LogP contribution in [0.5, 0.6) is 0 Å². The van der Waals surface area contributed by atoms with Crippen LogP contribution in [-0.2, 0) is 0 Å². The number of aliphatic imine (C=N–C) groups is 1. The fraction of sp³-hybridized carbons (Fsp3) is 0.824. The Balaban J connectivity index is 2.35. The molecule has 0 aromatic rings. The van der Waals surface area contributed by atoms with Crippen molar-refractivity contribution in [1.29, 1.82) is 0 Å². The van der Waals surface area contributed by atoms with Crippen LogP contribution in [0.15, 0.2) is 17.1 Å². The molecular weight excluding hydrogens is 260 g/mol. The normalized spacial score (nSPS) is 18.6. The van der Waals surface area contributed by atoms with E-state index in [1.807, 2.05) is 0 Å². The van der Waals surface area contributed by atoms with Gasteiger partial charge in [-0.25, -0.2) is 0 Å². The number of piperidine rings is 1. The van der Waals surface area contributed by atoms with E-state index in [0.29, 0.717) is 6.04 Å². The smallest absolute Gasteiger partial charge is 0.191 e. The van der Waals surface area contributed by atoms with Crippen molar-refractivity contribution < 1.29 is 0 Å². The van der Waals surface area contributed by atoms with Gasteiger partial charge in [-0.2, -0.15) is 0 Å². The Morgan fingerprint density at radius 1 is 1.33 bits per heavy atom. The maximum atomic E-state index is 4.64. The van der Waals surface area contributed by atoms with Gasteiger partial charge in [0.25, 0.3) is 0 Å². The Labute approximate surface area is 131 Å². The highest BCUT2D eigenvalue weighted by Crippen LogP contribution is 2.11. The highest BCUT2D eigenvalue weighted by atomic mass is 15.2. The van der Waals surface area contributed by atoms with Crippen molar-refractivity contribution in [2.75, 3.05) is 32.7 Å². The van der Waals surface area contributed by atoms with E-state index in [1.165, 1.54) is 32.5 Å². The van der Waals surface area contributed by atoms with Gasteiger partial charge in [0.2, 0.25) is 0 Å². The molecule has 1 fully saturated rings. The zero-order chi connectivity index (χ0) is 15.5. The summed E-state index contributed by atoms with van der Waals surface area (Å²) in [7, 11) is 0. The maximum absolute atomic E-state index is 4.64. The van der Waals surface area contributed by atoms with Crippen LogP contribution in [0.25, 0.3) is 0 Å². The molecule has 2 N–H and O–H groups in total. The minimum atomic E-state index is 0.563. The van der Waals surface area contributed by atoms with Crippen molar-refractivity contribution in [3.8, 4) is 0 Å². The second-order valence-corrected chi connectivity index (χ2v) is 6.23. The van der Waals surface area contributed by atoms with Crippen LogP contribution < -0.4 is 10.6 Å². The average molecular weight is 294 g/mol. The Bertz CT molecular complexity index is 315. The lowest BCUT2D eigenvalue weighted by molar-refractivity contribution is 0.187. The van der Waals surface area contributed by atoms with Crippen molar-refractivity contribution in [3.05, 3.63) is 12.2 Å². The van der Waals surface area contributed by atoms with Crippen LogP contribution in [0.1, 0.15) is 47.0 Å². The van der Waals surface area contributed by atoms with Crippen LogP contribution in [0, 0.1) is 5.92 Å². The first-order valence-corrected chi connectivity index (χ1v) is 8.54. The van der Waals surface area contributed by atoms with Crippen LogP contribution in [0.4, 0.5) is 0 Å². The molecule has 1 rings (SSSR count). The fourth-order valence-corrected chi connectivity index (χ4v) is 2.71. The minimum Gasteiger partial charge on any atom is -0.357 e. The van der Waals surface area contributed by atoms with Gasteiger partial charge in [-0.1, -0.05) is 26.0 Å². The minimum absolute atomic E-state index is 0.563. The zero-order valence-corrected chi connectivity index (χ0v) is 14.4. The number of rotatable bonds is 7. The van der Waals surface area contributed by atoms with Gasteiger partial charge in [0.05, 0.1) is 0 Å². The van der Waals surface area contributed by atoms with E-state index in [-0.39, 0.29) is 0 Å². The summed E-state index contributed by atoms with van der Waals surface area (Å²) in [5, 5.41) is 6.95. The van der Waals surface area contributed by atoms with Gasteiger partial charge < -0.3 is 15.5 Å². The van der Waals surface area contributed by atoms with E-state index in [0.717, 1.165) is 31.4 Å². The first kappa shape index (κ1) is 18.0. The van der Waals surface area contributed by atoms with E-state index >= 15 is 0 Å². The molecule has 1 heterocycles. The lowest BCUT2D eigenvalue weighted by atomic mass is 10.0. The fourth-order valence-electron chi connectivity index (χ4n) is 2.71. The molecule has 1 aliphatic rings. The number of likely N-dealkylation sites (tertiary alicyclic amines) is 1. The number of hydrogen-bond acceptors (Lipinski definition) is 2. The van der Waals surface area contributed by atoms with Gasteiger partial charge in [0, 0.05) is 38.8 Å². The molecule has 1 saturated heterocycles. The standard InChI is InChI=1S/C17H34N4/c1-5-7-8-11-19-17(18-6-2)20-16-9-12-21(13-10-16)14-15(3)4/h5,7,15-16H,6,8-14H2,1-4H3,(H2,18,19,20). The van der Waals surface area contributed by atoms with E-state index < -0.39 is 0 Å². The number of nitrogens with zero attached hydrogens (tertiary/aromatic N) is 2. The maximum Gasteiger partial charge on any atom is 0.191 e. The van der Waals surface area contributed by atoms with Gasteiger partial charge in [0.15, 0.2) is 5.96 Å². The van der Waals surface area contributed by atoms with Gasteiger partial charge in [-0.05, 0) is 39.0 Å². The summed E-state index contributed by atoms with van der Waals surface area (Å²) in [6, 6.07) is 0.563. The van der Waals surface area contributed by atoms with Crippen molar-refractivity contribution in [3.63, 3.8) is 0 Å². The third-order valence-electron chi connectivity index (χ3n) is 3.70. The molecule has 1 aliphatic heterocycles. The van der Waals surface area contributed by atoms with Gasteiger partial charge in [0.1, 0.15) is 0 Å². The molecule has 122 valence electrons. The van der Waals surface area contributed by atoms with Crippen LogP contribution in [-0.4, -0.2) is 49.6 Å². The van der Waals surface area contributed by atoms with Crippen molar-refractivity contribution in [2.45, 2.75) is 53.0 Å². The molecule has 4 nitrogen and oxygen atoms in total. The molecule has 0 bridgehead atoms.